The van der Waals surface area contributed by atoms with Crippen molar-refractivity contribution in [3.8, 4) is 5.75 Å². The van der Waals surface area contributed by atoms with E-state index in [9.17, 15) is 8.42 Å². The lowest BCUT2D eigenvalue weighted by Crippen LogP contribution is -2.22. The molecule has 0 aliphatic rings. The number of ether oxygens (including phenoxy) is 1. The Hall–Kier alpha value is -1.09. The van der Waals surface area contributed by atoms with Gasteiger partial charge in [-0.05, 0) is 30.3 Å². The van der Waals surface area contributed by atoms with Crippen LogP contribution in [-0.2, 0) is 15.8 Å². The van der Waals surface area contributed by atoms with Crippen LogP contribution >= 0.6 is 27.7 Å². The van der Waals surface area contributed by atoms with Crippen LogP contribution in [0.25, 0.3) is 0 Å². The van der Waals surface area contributed by atoms with Crippen molar-refractivity contribution in [3.63, 3.8) is 0 Å². The van der Waals surface area contributed by atoms with Gasteiger partial charge < -0.3 is 4.74 Å². The second-order valence-electron chi connectivity index (χ2n) is 4.86. The lowest BCUT2D eigenvalue weighted by atomic mass is 10.2. The molecule has 1 heterocycles. The smallest absolute Gasteiger partial charge is 0.244 e. The van der Waals surface area contributed by atoms with E-state index in [1.807, 2.05) is 18.2 Å². The molecule has 0 saturated carbocycles. The van der Waals surface area contributed by atoms with Gasteiger partial charge in [0.25, 0.3) is 0 Å². The highest BCUT2D eigenvalue weighted by atomic mass is 79.9. The Labute approximate surface area is 149 Å². The van der Waals surface area contributed by atoms with E-state index in [1.54, 1.807) is 19.2 Å². The molecule has 2 aromatic rings. The van der Waals surface area contributed by atoms with E-state index in [1.165, 1.54) is 36.4 Å². The maximum atomic E-state index is 12.0. The number of aromatic nitrogens is 1. The predicted molar refractivity (Wildman–Crippen MR) is 95.4 cm³/mol. The summed E-state index contributed by atoms with van der Waals surface area (Å²) in [6, 6.07) is 9.11. The highest BCUT2D eigenvalue weighted by molar-refractivity contribution is 9.10. The summed E-state index contributed by atoms with van der Waals surface area (Å²) in [6.45, 7) is 0. The first-order chi connectivity index (χ1) is 10.8. The molecule has 5 nitrogen and oxygen atoms in total. The average Bonchev–Trinajstić information content (AvgIpc) is 2.53. The fourth-order valence-electron chi connectivity index (χ4n) is 1.83. The summed E-state index contributed by atoms with van der Waals surface area (Å²) < 4.78 is 31.5. The molecular formula is C15H17BrN2O3S2. The van der Waals surface area contributed by atoms with Gasteiger partial charge in [-0.2, -0.15) is 0 Å². The van der Waals surface area contributed by atoms with Crippen molar-refractivity contribution in [2.24, 2.45) is 0 Å². The zero-order valence-electron chi connectivity index (χ0n) is 13.0. The number of benzene rings is 1. The van der Waals surface area contributed by atoms with Crippen LogP contribution in [0.5, 0.6) is 5.75 Å². The number of sulfonamides is 1. The maximum Gasteiger partial charge on any atom is 0.244 e. The Bertz CT molecular complexity index is 778. The lowest BCUT2D eigenvalue weighted by molar-refractivity contribution is 0.411. The first-order valence-corrected chi connectivity index (χ1v) is 9.90. The Morgan fingerprint density at radius 1 is 1.26 bits per heavy atom. The van der Waals surface area contributed by atoms with Gasteiger partial charge in [-0.25, -0.2) is 17.7 Å². The van der Waals surface area contributed by atoms with Crippen LogP contribution in [0.15, 0.2) is 50.9 Å². The molecule has 0 bridgehead atoms. The third-order valence-corrected chi connectivity index (χ3v) is 6.39. The number of hydrogen-bond donors (Lipinski definition) is 0. The molecule has 0 unspecified atom stereocenters. The molecule has 1 aromatic heterocycles. The Kier molecular flexibility index (Phi) is 6.07. The Balaban J connectivity index is 2.12. The Morgan fingerprint density at radius 2 is 2.00 bits per heavy atom. The standard InChI is InChI=1S/C15H17BrN2O3S2/c1-18(2)23(19,20)13-5-7-15(17-9-13)22-10-11-8-12(16)4-6-14(11)21-3/h4-9H,10H2,1-3H3. The normalized spacial score (nSPS) is 11.7. The van der Waals surface area contributed by atoms with Crippen molar-refractivity contribution in [2.45, 2.75) is 15.7 Å². The van der Waals surface area contributed by atoms with Crippen LogP contribution in [0, 0.1) is 0 Å². The van der Waals surface area contributed by atoms with Gasteiger partial charge in [0.05, 0.1) is 12.1 Å². The van der Waals surface area contributed by atoms with Crippen LogP contribution < -0.4 is 4.74 Å². The molecule has 0 spiro atoms. The summed E-state index contributed by atoms with van der Waals surface area (Å²) in [4.78, 5) is 4.41. The molecular weight excluding hydrogens is 400 g/mol. The number of rotatable bonds is 6. The maximum absolute atomic E-state index is 12.0. The number of hydrogen-bond acceptors (Lipinski definition) is 5. The van der Waals surface area contributed by atoms with E-state index in [0.717, 1.165) is 20.8 Å². The molecule has 0 aliphatic heterocycles. The van der Waals surface area contributed by atoms with Crippen LogP contribution in [0.2, 0.25) is 0 Å². The first kappa shape index (κ1) is 18.3. The number of halogens is 1. The summed E-state index contributed by atoms with van der Waals surface area (Å²) in [5, 5.41) is 0.754. The molecule has 23 heavy (non-hydrogen) atoms. The molecule has 0 N–H and O–H groups in total. The van der Waals surface area contributed by atoms with E-state index >= 15 is 0 Å². The van der Waals surface area contributed by atoms with Gasteiger partial charge in [0, 0.05) is 36.1 Å². The molecule has 1 aromatic carbocycles. The molecule has 0 amide bonds. The van der Waals surface area contributed by atoms with Gasteiger partial charge in [0.15, 0.2) is 0 Å². The van der Waals surface area contributed by atoms with Crippen LogP contribution in [0.4, 0.5) is 0 Å². The fraction of sp³-hybridized carbons (Fsp3) is 0.267. The minimum atomic E-state index is -3.44. The summed E-state index contributed by atoms with van der Waals surface area (Å²) in [6.07, 6.45) is 1.38. The number of thioether (sulfide) groups is 1. The zero-order chi connectivity index (χ0) is 17.0. The third kappa shape index (κ3) is 4.47. The molecule has 0 fully saturated rings. The van der Waals surface area contributed by atoms with Crippen molar-refractivity contribution in [2.75, 3.05) is 21.2 Å². The van der Waals surface area contributed by atoms with Gasteiger partial charge in [-0.15, -0.1) is 11.8 Å². The SMILES string of the molecule is COc1ccc(Br)cc1CSc1ccc(S(=O)(=O)N(C)C)cn1. The van der Waals surface area contributed by atoms with E-state index in [0.29, 0.717) is 5.75 Å². The van der Waals surface area contributed by atoms with Crippen LogP contribution in [-0.4, -0.2) is 38.9 Å². The molecule has 8 heteroatoms. The number of nitrogens with zero attached hydrogens (tertiary/aromatic N) is 2. The van der Waals surface area contributed by atoms with Crippen molar-refractivity contribution in [3.05, 3.63) is 46.6 Å². The summed E-state index contributed by atoms with van der Waals surface area (Å²) in [7, 11) is 1.19. The van der Waals surface area contributed by atoms with Gasteiger partial charge >= 0.3 is 0 Å². The second kappa shape index (κ2) is 7.65. The molecule has 0 radical (unpaired) electrons. The second-order valence-corrected chi connectivity index (χ2v) is 8.93. The van der Waals surface area contributed by atoms with Gasteiger partial charge in [0.1, 0.15) is 10.6 Å². The van der Waals surface area contributed by atoms with Gasteiger partial charge in [-0.3, -0.25) is 0 Å². The zero-order valence-corrected chi connectivity index (χ0v) is 16.2. The fourth-order valence-corrected chi connectivity index (χ4v) is 3.90. The largest absolute Gasteiger partial charge is 0.496 e. The van der Waals surface area contributed by atoms with E-state index in [4.69, 9.17) is 4.74 Å². The highest BCUT2D eigenvalue weighted by Gasteiger charge is 2.17. The third-order valence-electron chi connectivity index (χ3n) is 3.11. The van der Waals surface area contributed by atoms with E-state index in [-0.39, 0.29) is 4.90 Å². The quantitative estimate of drug-likeness (QED) is 0.675. The molecule has 0 atom stereocenters. The minimum Gasteiger partial charge on any atom is -0.496 e. The topological polar surface area (TPSA) is 59.5 Å². The monoisotopic (exact) mass is 416 g/mol. The molecule has 0 aliphatic carbocycles. The average molecular weight is 417 g/mol. The van der Waals surface area contributed by atoms with Crippen LogP contribution in [0.1, 0.15) is 5.56 Å². The number of methoxy groups -OCH3 is 1. The van der Waals surface area contributed by atoms with Crippen molar-refractivity contribution >= 4 is 37.7 Å². The molecule has 124 valence electrons. The van der Waals surface area contributed by atoms with Gasteiger partial charge in [-0.1, -0.05) is 15.9 Å². The summed E-state index contributed by atoms with van der Waals surface area (Å²) >= 11 is 4.96. The van der Waals surface area contributed by atoms with Crippen molar-refractivity contribution < 1.29 is 13.2 Å². The molecule has 0 saturated heterocycles. The highest BCUT2D eigenvalue weighted by Crippen LogP contribution is 2.29. The van der Waals surface area contributed by atoms with E-state index in [2.05, 4.69) is 20.9 Å². The minimum absolute atomic E-state index is 0.187. The Morgan fingerprint density at radius 3 is 2.57 bits per heavy atom. The lowest BCUT2D eigenvalue weighted by Gasteiger charge is -2.11. The number of pyridine rings is 1. The van der Waals surface area contributed by atoms with Crippen LogP contribution in [0.3, 0.4) is 0 Å². The van der Waals surface area contributed by atoms with E-state index < -0.39 is 10.0 Å². The summed E-state index contributed by atoms with van der Waals surface area (Å²) in [5.74, 6) is 1.49. The van der Waals surface area contributed by atoms with Crippen molar-refractivity contribution in [1.29, 1.82) is 0 Å². The predicted octanol–water partition coefficient (Wildman–Crippen LogP) is 3.40. The van der Waals surface area contributed by atoms with Crippen molar-refractivity contribution in [1.82, 2.24) is 9.29 Å². The van der Waals surface area contributed by atoms with Gasteiger partial charge in [0.2, 0.25) is 10.0 Å². The first-order valence-electron chi connectivity index (χ1n) is 6.68. The molecule has 2 rings (SSSR count). The summed E-state index contributed by atoms with van der Waals surface area (Å²) in [5.41, 5.74) is 1.04.